The van der Waals surface area contributed by atoms with E-state index in [4.69, 9.17) is 0 Å². The standard InChI is InChI=1S/C18H17FN2O3S/c1-20-16-5-3-2-4-15(16)18(17(20)22)10-11-21(12-18)25(23,24)14-8-6-13(19)7-9-14/h2-9H,10-12H2,1H3/t18-/m1/s1. The van der Waals surface area contributed by atoms with Crippen LogP contribution in [0.2, 0.25) is 0 Å². The monoisotopic (exact) mass is 360 g/mol. The van der Waals surface area contributed by atoms with E-state index in [1.165, 1.54) is 16.4 Å². The molecule has 0 radical (unpaired) electrons. The summed E-state index contributed by atoms with van der Waals surface area (Å²) in [5, 5.41) is 0. The molecule has 1 spiro atoms. The minimum Gasteiger partial charge on any atom is -0.314 e. The molecule has 5 nitrogen and oxygen atoms in total. The Bertz CT molecular complexity index is 959. The second-order valence-corrected chi connectivity index (χ2v) is 8.44. The number of amides is 1. The van der Waals surface area contributed by atoms with Crippen LogP contribution in [0.25, 0.3) is 0 Å². The maximum atomic E-state index is 13.1. The van der Waals surface area contributed by atoms with E-state index in [1.807, 2.05) is 24.3 Å². The van der Waals surface area contributed by atoms with Crippen LogP contribution < -0.4 is 4.90 Å². The Kier molecular flexibility index (Phi) is 3.49. The van der Waals surface area contributed by atoms with E-state index in [-0.39, 0.29) is 23.9 Å². The molecule has 2 heterocycles. The lowest BCUT2D eigenvalue weighted by molar-refractivity contribution is -0.122. The first-order chi connectivity index (χ1) is 11.9. The molecule has 0 bridgehead atoms. The Hall–Kier alpha value is -2.25. The van der Waals surface area contributed by atoms with Gasteiger partial charge in [-0.25, -0.2) is 12.8 Å². The number of hydrogen-bond acceptors (Lipinski definition) is 3. The van der Waals surface area contributed by atoms with Gasteiger partial charge in [0.25, 0.3) is 0 Å². The third-order valence-corrected chi connectivity index (χ3v) is 7.04. The Morgan fingerprint density at radius 2 is 1.76 bits per heavy atom. The van der Waals surface area contributed by atoms with Crippen molar-refractivity contribution in [2.45, 2.75) is 16.7 Å². The SMILES string of the molecule is CN1C(=O)[C@@]2(CCN(S(=O)(=O)c3ccc(F)cc3)C2)c2ccccc21. The molecule has 1 fully saturated rings. The molecule has 130 valence electrons. The molecule has 2 aromatic rings. The van der Waals surface area contributed by atoms with Crippen LogP contribution in [0, 0.1) is 5.82 Å². The number of nitrogens with zero attached hydrogens (tertiary/aromatic N) is 2. The maximum absolute atomic E-state index is 13.1. The summed E-state index contributed by atoms with van der Waals surface area (Å²) in [6.07, 6.45) is 0.438. The highest BCUT2D eigenvalue weighted by Crippen LogP contribution is 2.47. The van der Waals surface area contributed by atoms with Crippen molar-refractivity contribution in [3.8, 4) is 0 Å². The Morgan fingerprint density at radius 1 is 1.08 bits per heavy atom. The molecular formula is C18H17FN2O3S. The number of benzene rings is 2. The van der Waals surface area contributed by atoms with Crippen molar-refractivity contribution >= 4 is 21.6 Å². The summed E-state index contributed by atoms with van der Waals surface area (Å²) >= 11 is 0. The third kappa shape index (κ3) is 2.22. The molecule has 7 heteroatoms. The molecule has 1 amide bonds. The number of para-hydroxylation sites is 1. The molecule has 4 rings (SSSR count). The summed E-state index contributed by atoms with van der Waals surface area (Å²) in [4.78, 5) is 14.5. The zero-order chi connectivity index (χ0) is 17.8. The van der Waals surface area contributed by atoms with Crippen LogP contribution in [0.3, 0.4) is 0 Å². The maximum Gasteiger partial charge on any atom is 0.243 e. The van der Waals surface area contributed by atoms with Gasteiger partial charge < -0.3 is 4.90 Å². The van der Waals surface area contributed by atoms with Crippen LogP contribution in [0.4, 0.5) is 10.1 Å². The van der Waals surface area contributed by atoms with Gasteiger partial charge in [0.2, 0.25) is 15.9 Å². The second-order valence-electron chi connectivity index (χ2n) is 6.51. The van der Waals surface area contributed by atoms with Gasteiger partial charge in [0.15, 0.2) is 0 Å². The van der Waals surface area contributed by atoms with E-state index in [1.54, 1.807) is 11.9 Å². The van der Waals surface area contributed by atoms with Crippen molar-refractivity contribution < 1.29 is 17.6 Å². The van der Waals surface area contributed by atoms with Crippen LogP contribution in [0.15, 0.2) is 53.4 Å². The number of sulfonamides is 1. The van der Waals surface area contributed by atoms with E-state index < -0.39 is 21.3 Å². The summed E-state index contributed by atoms with van der Waals surface area (Å²) in [5.41, 5.74) is 0.867. The lowest BCUT2D eigenvalue weighted by atomic mass is 9.81. The van der Waals surface area contributed by atoms with Gasteiger partial charge in [-0.1, -0.05) is 18.2 Å². The molecule has 1 saturated heterocycles. The number of rotatable bonds is 2. The topological polar surface area (TPSA) is 57.7 Å². The first-order valence-electron chi connectivity index (χ1n) is 8.00. The molecule has 0 aromatic heterocycles. The lowest BCUT2D eigenvalue weighted by Gasteiger charge is -2.23. The van der Waals surface area contributed by atoms with Crippen LogP contribution in [-0.4, -0.2) is 38.8 Å². The second kappa shape index (κ2) is 5.37. The zero-order valence-corrected chi connectivity index (χ0v) is 14.5. The fourth-order valence-corrected chi connectivity index (χ4v) is 5.35. The Morgan fingerprint density at radius 3 is 2.48 bits per heavy atom. The van der Waals surface area contributed by atoms with Gasteiger partial charge in [-0.3, -0.25) is 4.79 Å². The highest BCUT2D eigenvalue weighted by atomic mass is 32.2. The predicted molar refractivity (Wildman–Crippen MR) is 91.3 cm³/mol. The van der Waals surface area contributed by atoms with Crippen LogP contribution in [0.5, 0.6) is 0 Å². The number of carbonyl (C=O) groups excluding carboxylic acids is 1. The quantitative estimate of drug-likeness (QED) is 0.824. The molecular weight excluding hydrogens is 343 g/mol. The van der Waals surface area contributed by atoms with E-state index in [9.17, 15) is 17.6 Å². The van der Waals surface area contributed by atoms with Gasteiger partial charge in [-0.05, 0) is 42.3 Å². The summed E-state index contributed by atoms with van der Waals surface area (Å²) in [7, 11) is -2.05. The molecule has 0 N–H and O–H groups in total. The zero-order valence-electron chi connectivity index (χ0n) is 13.6. The van der Waals surface area contributed by atoms with Crippen LogP contribution >= 0.6 is 0 Å². The third-order valence-electron chi connectivity index (χ3n) is 5.18. The first-order valence-corrected chi connectivity index (χ1v) is 9.44. The molecule has 2 aliphatic heterocycles. The van der Waals surface area contributed by atoms with Crippen molar-refractivity contribution in [3.05, 3.63) is 59.9 Å². The fourth-order valence-electron chi connectivity index (χ4n) is 3.85. The number of carbonyl (C=O) groups is 1. The van der Waals surface area contributed by atoms with E-state index in [0.717, 1.165) is 23.4 Å². The summed E-state index contributed by atoms with van der Waals surface area (Å²) in [6.45, 7) is 0.362. The smallest absolute Gasteiger partial charge is 0.243 e. The number of fused-ring (bicyclic) bond motifs is 2. The highest BCUT2D eigenvalue weighted by Gasteiger charge is 2.55. The first kappa shape index (κ1) is 16.2. The van der Waals surface area contributed by atoms with E-state index >= 15 is 0 Å². The summed E-state index contributed by atoms with van der Waals surface area (Å²) in [6, 6.07) is 12.3. The van der Waals surface area contributed by atoms with Gasteiger partial charge >= 0.3 is 0 Å². The normalized spacial score (nSPS) is 23.4. The van der Waals surface area contributed by atoms with Gasteiger partial charge in [-0.2, -0.15) is 4.31 Å². The highest BCUT2D eigenvalue weighted by molar-refractivity contribution is 7.89. The molecule has 0 saturated carbocycles. The average molecular weight is 360 g/mol. The molecule has 1 atom stereocenters. The lowest BCUT2D eigenvalue weighted by Crippen LogP contribution is -2.42. The summed E-state index contributed by atoms with van der Waals surface area (Å²) < 4.78 is 40.2. The number of likely N-dealkylation sites (N-methyl/N-ethyl adjacent to an activating group) is 1. The number of halogens is 1. The van der Waals surface area contributed by atoms with E-state index in [2.05, 4.69) is 0 Å². The van der Waals surface area contributed by atoms with Crippen LogP contribution in [-0.2, 0) is 20.2 Å². The van der Waals surface area contributed by atoms with Gasteiger partial charge in [0.1, 0.15) is 5.82 Å². The predicted octanol–water partition coefficient (Wildman–Crippen LogP) is 2.13. The minimum absolute atomic E-state index is 0.0398. The molecule has 2 aliphatic rings. The van der Waals surface area contributed by atoms with Crippen LogP contribution in [0.1, 0.15) is 12.0 Å². The van der Waals surface area contributed by atoms with Crippen molar-refractivity contribution in [3.63, 3.8) is 0 Å². The van der Waals surface area contributed by atoms with Gasteiger partial charge in [-0.15, -0.1) is 0 Å². The largest absolute Gasteiger partial charge is 0.314 e. The molecule has 25 heavy (non-hydrogen) atoms. The molecule has 0 unspecified atom stereocenters. The van der Waals surface area contributed by atoms with Gasteiger partial charge in [0.05, 0.1) is 10.3 Å². The fraction of sp³-hybridized carbons (Fsp3) is 0.278. The molecule has 2 aromatic carbocycles. The number of hydrogen-bond donors (Lipinski definition) is 0. The van der Waals surface area contributed by atoms with Crippen molar-refractivity contribution in [1.82, 2.24) is 4.31 Å². The Balaban J connectivity index is 1.72. The van der Waals surface area contributed by atoms with E-state index in [0.29, 0.717) is 6.42 Å². The average Bonchev–Trinajstić information content (AvgIpc) is 3.15. The Labute approximate surface area is 145 Å². The van der Waals surface area contributed by atoms with Crippen molar-refractivity contribution in [2.24, 2.45) is 0 Å². The van der Waals surface area contributed by atoms with Crippen molar-refractivity contribution in [1.29, 1.82) is 0 Å². The van der Waals surface area contributed by atoms with Gasteiger partial charge in [0, 0.05) is 25.8 Å². The molecule has 0 aliphatic carbocycles. The van der Waals surface area contributed by atoms with Crippen molar-refractivity contribution in [2.75, 3.05) is 25.0 Å². The number of anilines is 1. The minimum atomic E-state index is -3.77. The summed E-state index contributed by atoms with van der Waals surface area (Å²) in [5.74, 6) is -0.566.